The van der Waals surface area contributed by atoms with Gasteiger partial charge in [0.2, 0.25) is 5.91 Å². The van der Waals surface area contributed by atoms with Gasteiger partial charge in [0.15, 0.2) is 0 Å². The number of carboxylic acids is 1. The molecule has 25 heavy (non-hydrogen) atoms. The van der Waals surface area contributed by atoms with Crippen molar-refractivity contribution in [2.24, 2.45) is 5.92 Å². The fourth-order valence-electron chi connectivity index (χ4n) is 3.10. The maximum Gasteiger partial charge on any atom is 0.310 e. The highest BCUT2D eigenvalue weighted by molar-refractivity contribution is 5.88. The lowest BCUT2D eigenvalue weighted by molar-refractivity contribution is -0.141. The predicted octanol–water partition coefficient (Wildman–Crippen LogP) is 3.94. The molecule has 0 saturated heterocycles. The van der Waals surface area contributed by atoms with Crippen LogP contribution < -0.4 is 0 Å². The van der Waals surface area contributed by atoms with E-state index in [1.165, 1.54) is 0 Å². The first-order valence-corrected chi connectivity index (χ1v) is 8.49. The minimum absolute atomic E-state index is 0.0304. The molecule has 0 aromatic heterocycles. The van der Waals surface area contributed by atoms with E-state index in [4.69, 9.17) is 0 Å². The summed E-state index contributed by atoms with van der Waals surface area (Å²) in [6.07, 6.45) is 3.16. The summed E-state index contributed by atoms with van der Waals surface area (Å²) in [5.74, 6) is -1.40. The van der Waals surface area contributed by atoms with Crippen LogP contribution in [0.25, 0.3) is 5.70 Å². The third-order valence-corrected chi connectivity index (χ3v) is 4.43. The Morgan fingerprint density at radius 2 is 1.68 bits per heavy atom. The normalized spacial score (nSPS) is 20.3. The molecule has 3 rings (SSSR count). The monoisotopic (exact) mass is 335 g/mol. The molecule has 1 amide bonds. The van der Waals surface area contributed by atoms with Gasteiger partial charge in [-0.05, 0) is 30.0 Å². The molecule has 0 fully saturated rings. The lowest BCUT2D eigenvalue weighted by Crippen LogP contribution is -2.31. The molecule has 1 aliphatic heterocycles. The largest absolute Gasteiger partial charge is 0.481 e. The fraction of sp³-hybridized carbons (Fsp3) is 0.238. The molecule has 1 N–H and O–H groups in total. The van der Waals surface area contributed by atoms with Gasteiger partial charge in [-0.2, -0.15) is 0 Å². The lowest BCUT2D eigenvalue weighted by Gasteiger charge is -2.29. The standard InChI is InChI=1S/C21H21NO3/c23-20-13-7-12-18(21(24)25)14-19(17-10-5-2-6-11-17)22(20)15-16-8-3-1-4-9-16/h1-6,8-11,14,18H,7,12-13,15H2,(H,24,25)/b19-14-. The van der Waals surface area contributed by atoms with Crippen LogP contribution in [0, 0.1) is 5.92 Å². The molecule has 0 spiro atoms. The van der Waals surface area contributed by atoms with E-state index in [9.17, 15) is 14.7 Å². The molecule has 2 aromatic rings. The topological polar surface area (TPSA) is 57.6 Å². The first-order chi connectivity index (χ1) is 12.1. The number of benzene rings is 2. The first kappa shape index (κ1) is 17.0. The number of carbonyl (C=O) groups excluding carboxylic acids is 1. The van der Waals surface area contributed by atoms with Crippen LogP contribution in [-0.4, -0.2) is 21.9 Å². The molecular weight excluding hydrogens is 314 g/mol. The van der Waals surface area contributed by atoms with Crippen molar-refractivity contribution in [2.75, 3.05) is 0 Å². The van der Waals surface area contributed by atoms with E-state index in [1.54, 1.807) is 11.0 Å². The van der Waals surface area contributed by atoms with Gasteiger partial charge in [-0.15, -0.1) is 0 Å². The summed E-state index contributed by atoms with van der Waals surface area (Å²) in [5, 5.41) is 9.51. The minimum atomic E-state index is -0.845. The number of amides is 1. The third kappa shape index (κ3) is 4.15. The Morgan fingerprint density at radius 1 is 1.04 bits per heavy atom. The molecule has 4 heteroatoms. The highest BCUT2D eigenvalue weighted by Gasteiger charge is 2.26. The van der Waals surface area contributed by atoms with Gasteiger partial charge < -0.3 is 10.0 Å². The molecule has 4 nitrogen and oxygen atoms in total. The van der Waals surface area contributed by atoms with Gasteiger partial charge in [0, 0.05) is 12.1 Å². The van der Waals surface area contributed by atoms with Gasteiger partial charge in [-0.1, -0.05) is 60.7 Å². The average molecular weight is 335 g/mol. The van der Waals surface area contributed by atoms with Crippen molar-refractivity contribution in [2.45, 2.75) is 25.8 Å². The van der Waals surface area contributed by atoms with Crippen molar-refractivity contribution in [3.8, 4) is 0 Å². The maximum atomic E-state index is 12.8. The van der Waals surface area contributed by atoms with Crippen LogP contribution in [-0.2, 0) is 16.1 Å². The van der Waals surface area contributed by atoms with Crippen molar-refractivity contribution in [3.63, 3.8) is 0 Å². The molecular formula is C21H21NO3. The average Bonchev–Trinajstić information content (AvgIpc) is 2.63. The van der Waals surface area contributed by atoms with E-state index in [2.05, 4.69) is 0 Å². The summed E-state index contributed by atoms with van der Waals surface area (Å²) >= 11 is 0. The van der Waals surface area contributed by atoms with Gasteiger partial charge in [0.25, 0.3) is 0 Å². The molecule has 0 radical (unpaired) electrons. The van der Waals surface area contributed by atoms with Crippen molar-refractivity contribution in [1.29, 1.82) is 0 Å². The Labute approximate surface area is 147 Å². The third-order valence-electron chi connectivity index (χ3n) is 4.43. The van der Waals surface area contributed by atoms with Crippen LogP contribution in [0.5, 0.6) is 0 Å². The zero-order valence-electron chi connectivity index (χ0n) is 14.0. The van der Waals surface area contributed by atoms with Crippen LogP contribution in [0.3, 0.4) is 0 Å². The second-order valence-corrected chi connectivity index (χ2v) is 6.22. The van der Waals surface area contributed by atoms with Crippen LogP contribution in [0.1, 0.15) is 30.4 Å². The smallest absolute Gasteiger partial charge is 0.310 e. The highest BCUT2D eigenvalue weighted by atomic mass is 16.4. The predicted molar refractivity (Wildman–Crippen MR) is 96.4 cm³/mol. The zero-order valence-corrected chi connectivity index (χ0v) is 14.0. The van der Waals surface area contributed by atoms with E-state index < -0.39 is 11.9 Å². The summed E-state index contributed by atoms with van der Waals surface area (Å²) in [6.45, 7) is 0.437. The number of nitrogens with zero attached hydrogens (tertiary/aromatic N) is 1. The van der Waals surface area contributed by atoms with E-state index in [0.29, 0.717) is 31.5 Å². The lowest BCUT2D eigenvalue weighted by atomic mass is 9.95. The molecule has 128 valence electrons. The molecule has 1 atom stereocenters. The van der Waals surface area contributed by atoms with E-state index in [0.717, 1.165) is 11.1 Å². The molecule has 0 aliphatic carbocycles. The Kier molecular flexibility index (Phi) is 5.29. The van der Waals surface area contributed by atoms with Crippen LogP contribution in [0.15, 0.2) is 66.7 Å². The summed E-state index contributed by atoms with van der Waals surface area (Å²) in [7, 11) is 0. The number of hydrogen-bond acceptors (Lipinski definition) is 2. The van der Waals surface area contributed by atoms with Crippen LogP contribution in [0.2, 0.25) is 0 Å². The first-order valence-electron chi connectivity index (χ1n) is 8.49. The zero-order chi connectivity index (χ0) is 17.6. The molecule has 0 bridgehead atoms. The second-order valence-electron chi connectivity index (χ2n) is 6.22. The van der Waals surface area contributed by atoms with Crippen molar-refractivity contribution < 1.29 is 14.7 Å². The number of carboxylic acid groups (broad SMARTS) is 1. The number of aliphatic carboxylic acids is 1. The van der Waals surface area contributed by atoms with Gasteiger partial charge in [0.1, 0.15) is 0 Å². The SMILES string of the molecule is O=C(O)C1/C=C(/c2ccccc2)N(Cc2ccccc2)C(=O)CCC1. The Morgan fingerprint density at radius 3 is 2.32 bits per heavy atom. The van der Waals surface area contributed by atoms with Crippen LogP contribution >= 0.6 is 0 Å². The number of rotatable bonds is 4. The van der Waals surface area contributed by atoms with E-state index in [-0.39, 0.29) is 5.91 Å². The van der Waals surface area contributed by atoms with Crippen molar-refractivity contribution in [1.82, 2.24) is 4.90 Å². The van der Waals surface area contributed by atoms with Crippen LogP contribution in [0.4, 0.5) is 0 Å². The molecule has 1 aliphatic rings. The fourth-order valence-corrected chi connectivity index (χ4v) is 3.10. The molecule has 1 heterocycles. The second kappa shape index (κ2) is 7.79. The van der Waals surface area contributed by atoms with Crippen molar-refractivity contribution >= 4 is 17.6 Å². The molecule has 0 saturated carbocycles. The number of carbonyl (C=O) groups is 2. The quantitative estimate of drug-likeness (QED) is 0.920. The van der Waals surface area contributed by atoms with E-state index in [1.807, 2.05) is 60.7 Å². The Hall–Kier alpha value is -2.88. The van der Waals surface area contributed by atoms with Crippen molar-refractivity contribution in [3.05, 3.63) is 77.9 Å². The number of hydrogen-bond donors (Lipinski definition) is 1. The Balaban J connectivity index is 2.05. The van der Waals surface area contributed by atoms with E-state index >= 15 is 0 Å². The summed E-state index contributed by atoms with van der Waals surface area (Å²) in [5.41, 5.74) is 2.56. The maximum absolute atomic E-state index is 12.8. The van der Waals surface area contributed by atoms with Gasteiger partial charge in [-0.3, -0.25) is 9.59 Å². The molecule has 1 unspecified atom stereocenters. The highest BCUT2D eigenvalue weighted by Crippen LogP contribution is 2.29. The summed E-state index contributed by atoms with van der Waals surface area (Å²) in [6, 6.07) is 19.3. The summed E-state index contributed by atoms with van der Waals surface area (Å²) in [4.78, 5) is 26.1. The van der Waals surface area contributed by atoms with Gasteiger partial charge in [0.05, 0.1) is 12.5 Å². The van der Waals surface area contributed by atoms with Gasteiger partial charge in [-0.25, -0.2) is 0 Å². The minimum Gasteiger partial charge on any atom is -0.481 e. The Bertz CT molecular complexity index is 768. The summed E-state index contributed by atoms with van der Waals surface area (Å²) < 4.78 is 0. The van der Waals surface area contributed by atoms with Gasteiger partial charge >= 0.3 is 5.97 Å². The molecule has 2 aromatic carbocycles.